The molecule has 0 fully saturated rings. The van der Waals surface area contributed by atoms with Crippen molar-refractivity contribution in [2.24, 2.45) is 0 Å². The lowest BCUT2D eigenvalue weighted by molar-refractivity contribution is -0.119. The van der Waals surface area contributed by atoms with Crippen molar-refractivity contribution < 1.29 is 17.9 Å². The molecule has 0 aliphatic carbocycles. The second-order valence-corrected chi connectivity index (χ2v) is 10.5. The van der Waals surface area contributed by atoms with Gasteiger partial charge in [-0.3, -0.25) is 4.79 Å². The molecule has 3 aromatic rings. The Balaban J connectivity index is 1.93. The van der Waals surface area contributed by atoms with Crippen molar-refractivity contribution in [2.75, 3.05) is 10.9 Å². The van der Waals surface area contributed by atoms with Crippen LogP contribution in [0.4, 0.5) is 5.69 Å². The number of rotatable bonds is 6. The van der Waals surface area contributed by atoms with E-state index < -0.39 is 22.5 Å². The highest BCUT2D eigenvalue weighted by Crippen LogP contribution is 2.29. The monoisotopic (exact) mass is 451 g/mol. The van der Waals surface area contributed by atoms with Crippen LogP contribution in [-0.2, 0) is 20.2 Å². The van der Waals surface area contributed by atoms with Gasteiger partial charge in [-0.25, -0.2) is 8.42 Å². The number of hydrogen-bond acceptors (Lipinski definition) is 4. The minimum Gasteiger partial charge on any atom is -0.484 e. The van der Waals surface area contributed by atoms with Crippen LogP contribution in [0.3, 0.4) is 0 Å². The molecular weight excluding hydrogens is 422 g/mol. The van der Waals surface area contributed by atoms with Gasteiger partial charge in [0, 0.05) is 0 Å². The Morgan fingerprint density at radius 2 is 1.50 bits per heavy atom. The summed E-state index contributed by atoms with van der Waals surface area (Å²) in [5, 5.41) is 0. The molecule has 0 aromatic heterocycles. The standard InChI is InChI=1S/C26H29NO4S/c1-19-10-9-13-24(20(19)2)27(32(29,30)23-11-7-6-8-12-23)25(28)18-31-22-16-14-21(15-17-22)26(3,4)5/h6-17H,18H2,1-5H3. The summed E-state index contributed by atoms with van der Waals surface area (Å²) >= 11 is 0. The molecule has 0 unspecified atom stereocenters. The van der Waals surface area contributed by atoms with Crippen molar-refractivity contribution in [1.82, 2.24) is 0 Å². The van der Waals surface area contributed by atoms with Crippen LogP contribution < -0.4 is 9.04 Å². The molecule has 32 heavy (non-hydrogen) atoms. The van der Waals surface area contributed by atoms with Gasteiger partial charge in [-0.05, 0) is 66.3 Å². The van der Waals surface area contributed by atoms with Gasteiger partial charge in [-0.2, -0.15) is 4.31 Å². The van der Waals surface area contributed by atoms with E-state index in [-0.39, 0.29) is 10.3 Å². The molecule has 0 saturated carbocycles. The summed E-state index contributed by atoms with van der Waals surface area (Å²) in [5.41, 5.74) is 3.07. The fourth-order valence-electron chi connectivity index (χ4n) is 3.31. The molecule has 168 valence electrons. The van der Waals surface area contributed by atoms with Crippen molar-refractivity contribution in [3.8, 4) is 5.75 Å². The van der Waals surface area contributed by atoms with E-state index in [1.165, 1.54) is 12.1 Å². The molecule has 5 nitrogen and oxygen atoms in total. The third-order valence-corrected chi connectivity index (χ3v) is 7.13. The number of anilines is 1. The molecule has 0 spiro atoms. The maximum absolute atomic E-state index is 13.5. The summed E-state index contributed by atoms with van der Waals surface area (Å²) in [6.07, 6.45) is 0. The molecule has 0 radical (unpaired) electrons. The van der Waals surface area contributed by atoms with Gasteiger partial charge in [0.2, 0.25) is 0 Å². The number of benzene rings is 3. The molecule has 3 rings (SSSR count). The Hall–Kier alpha value is -3.12. The SMILES string of the molecule is Cc1cccc(N(C(=O)COc2ccc(C(C)(C)C)cc2)S(=O)(=O)c2ccccc2)c1C. The smallest absolute Gasteiger partial charge is 0.278 e. The van der Waals surface area contributed by atoms with Crippen LogP contribution in [0.1, 0.15) is 37.5 Å². The predicted molar refractivity (Wildman–Crippen MR) is 128 cm³/mol. The summed E-state index contributed by atoms with van der Waals surface area (Å²) in [7, 11) is -4.12. The van der Waals surface area contributed by atoms with E-state index in [1.807, 2.05) is 25.1 Å². The van der Waals surface area contributed by atoms with E-state index >= 15 is 0 Å². The first kappa shape index (κ1) is 23.5. The topological polar surface area (TPSA) is 63.7 Å². The summed E-state index contributed by atoms with van der Waals surface area (Å²) in [5.74, 6) is -0.160. The number of amides is 1. The zero-order valence-electron chi connectivity index (χ0n) is 19.1. The third-order valence-electron chi connectivity index (χ3n) is 5.39. The molecule has 0 N–H and O–H groups in total. The molecule has 0 atom stereocenters. The largest absolute Gasteiger partial charge is 0.484 e. The van der Waals surface area contributed by atoms with E-state index in [9.17, 15) is 13.2 Å². The van der Waals surface area contributed by atoms with Crippen molar-refractivity contribution in [1.29, 1.82) is 0 Å². The Labute approximate surface area is 190 Å². The van der Waals surface area contributed by atoms with Crippen LogP contribution >= 0.6 is 0 Å². The number of ether oxygens (including phenoxy) is 1. The highest BCUT2D eigenvalue weighted by molar-refractivity contribution is 7.93. The molecule has 6 heteroatoms. The summed E-state index contributed by atoms with van der Waals surface area (Å²) in [4.78, 5) is 13.3. The molecule has 0 saturated heterocycles. The van der Waals surface area contributed by atoms with Crippen LogP contribution in [-0.4, -0.2) is 20.9 Å². The summed E-state index contributed by atoms with van der Waals surface area (Å²) < 4.78 is 33.4. The first-order valence-electron chi connectivity index (χ1n) is 10.4. The molecule has 0 aliphatic rings. The van der Waals surface area contributed by atoms with Crippen molar-refractivity contribution >= 4 is 21.6 Å². The average molecular weight is 452 g/mol. The molecule has 3 aromatic carbocycles. The number of nitrogens with zero attached hydrogens (tertiary/aromatic N) is 1. The molecule has 1 amide bonds. The third kappa shape index (κ3) is 5.02. The van der Waals surface area contributed by atoms with Crippen LogP contribution in [0.2, 0.25) is 0 Å². The van der Waals surface area contributed by atoms with E-state index in [4.69, 9.17) is 4.74 Å². The fourth-order valence-corrected chi connectivity index (χ4v) is 4.80. The highest BCUT2D eigenvalue weighted by Gasteiger charge is 2.32. The van der Waals surface area contributed by atoms with Crippen LogP contribution in [0.25, 0.3) is 0 Å². The second kappa shape index (κ2) is 9.17. The number of carbonyl (C=O) groups excluding carboxylic acids is 1. The predicted octanol–water partition coefficient (Wildman–Crippen LogP) is 5.40. The van der Waals surface area contributed by atoms with Crippen molar-refractivity contribution in [3.05, 3.63) is 89.5 Å². The summed E-state index contributed by atoms with van der Waals surface area (Å²) in [6, 6.07) is 20.7. The Bertz CT molecular complexity index is 1190. The number of sulfonamides is 1. The normalized spacial score (nSPS) is 11.8. The lowest BCUT2D eigenvalue weighted by Gasteiger charge is -2.25. The minimum atomic E-state index is -4.12. The lowest BCUT2D eigenvalue weighted by atomic mass is 9.87. The van der Waals surface area contributed by atoms with Gasteiger partial charge in [-0.15, -0.1) is 0 Å². The zero-order chi connectivity index (χ0) is 23.5. The Morgan fingerprint density at radius 1 is 0.875 bits per heavy atom. The maximum Gasteiger partial charge on any atom is 0.278 e. The quantitative estimate of drug-likeness (QED) is 0.503. The lowest BCUT2D eigenvalue weighted by Crippen LogP contribution is -2.40. The molecule has 0 bridgehead atoms. The van der Waals surface area contributed by atoms with Gasteiger partial charge in [0.15, 0.2) is 6.61 Å². The van der Waals surface area contributed by atoms with Gasteiger partial charge in [0.1, 0.15) is 5.75 Å². The van der Waals surface area contributed by atoms with Gasteiger partial charge in [0.25, 0.3) is 15.9 Å². The molecule has 0 heterocycles. The maximum atomic E-state index is 13.5. The Morgan fingerprint density at radius 3 is 2.09 bits per heavy atom. The second-order valence-electron chi connectivity index (χ2n) is 8.76. The first-order chi connectivity index (χ1) is 15.0. The van der Waals surface area contributed by atoms with Gasteiger partial charge < -0.3 is 4.74 Å². The minimum absolute atomic E-state index is 0.00237. The van der Waals surface area contributed by atoms with Crippen molar-refractivity contribution in [3.63, 3.8) is 0 Å². The molecule has 0 aliphatic heterocycles. The first-order valence-corrected chi connectivity index (χ1v) is 11.9. The highest BCUT2D eigenvalue weighted by atomic mass is 32.2. The van der Waals surface area contributed by atoms with E-state index in [0.717, 1.165) is 21.0 Å². The fraction of sp³-hybridized carbons (Fsp3) is 0.269. The number of hydrogen-bond donors (Lipinski definition) is 0. The van der Waals surface area contributed by atoms with Crippen molar-refractivity contribution in [2.45, 2.75) is 44.9 Å². The van der Waals surface area contributed by atoms with Gasteiger partial charge >= 0.3 is 0 Å². The van der Waals surface area contributed by atoms with Crippen LogP contribution in [0.5, 0.6) is 5.75 Å². The van der Waals surface area contributed by atoms with Gasteiger partial charge in [-0.1, -0.05) is 63.2 Å². The number of carbonyl (C=O) groups is 1. The Kier molecular flexibility index (Phi) is 6.74. The average Bonchev–Trinajstić information content (AvgIpc) is 2.75. The number of aryl methyl sites for hydroxylation is 1. The molecular formula is C26H29NO4S. The van der Waals surface area contributed by atoms with E-state index in [2.05, 4.69) is 20.8 Å². The van der Waals surface area contributed by atoms with E-state index in [1.54, 1.807) is 49.4 Å². The van der Waals surface area contributed by atoms with Crippen LogP contribution in [0.15, 0.2) is 77.7 Å². The van der Waals surface area contributed by atoms with Crippen LogP contribution in [0, 0.1) is 13.8 Å². The van der Waals surface area contributed by atoms with E-state index in [0.29, 0.717) is 11.4 Å². The summed E-state index contributed by atoms with van der Waals surface area (Å²) in [6.45, 7) is 9.62. The van der Waals surface area contributed by atoms with Gasteiger partial charge in [0.05, 0.1) is 10.6 Å². The zero-order valence-corrected chi connectivity index (χ0v) is 19.9.